The van der Waals surface area contributed by atoms with Crippen molar-refractivity contribution in [3.8, 4) is 11.5 Å². The number of rotatable bonds is 8. The van der Waals surface area contributed by atoms with Crippen LogP contribution in [0.2, 0.25) is 0 Å². The Kier molecular flexibility index (Phi) is 6.73. The van der Waals surface area contributed by atoms with Gasteiger partial charge in [-0.1, -0.05) is 0 Å². The summed E-state index contributed by atoms with van der Waals surface area (Å²) in [5.74, 6) is 1.38. The van der Waals surface area contributed by atoms with Gasteiger partial charge in [-0.2, -0.15) is 0 Å². The molecule has 1 atom stereocenters. The van der Waals surface area contributed by atoms with E-state index in [1.54, 1.807) is 44.7 Å². The topological polar surface area (TPSA) is 103 Å². The van der Waals surface area contributed by atoms with E-state index in [0.29, 0.717) is 33.6 Å². The normalized spacial score (nSPS) is 11.6. The molecule has 8 nitrogen and oxygen atoms in total. The number of furan rings is 1. The second-order valence-electron chi connectivity index (χ2n) is 6.56. The molecule has 2 aromatic heterocycles. The number of benzene rings is 1. The van der Waals surface area contributed by atoms with Crippen molar-refractivity contribution in [1.82, 2.24) is 10.3 Å². The maximum atomic E-state index is 12.5. The van der Waals surface area contributed by atoms with Gasteiger partial charge in [0.15, 0.2) is 5.13 Å². The van der Waals surface area contributed by atoms with Crippen molar-refractivity contribution in [2.45, 2.75) is 26.3 Å². The van der Waals surface area contributed by atoms with E-state index in [4.69, 9.17) is 13.9 Å². The first-order chi connectivity index (χ1) is 14.4. The van der Waals surface area contributed by atoms with Gasteiger partial charge in [-0.15, -0.1) is 11.3 Å². The van der Waals surface area contributed by atoms with E-state index in [1.165, 1.54) is 17.6 Å². The van der Waals surface area contributed by atoms with Gasteiger partial charge in [0, 0.05) is 10.9 Å². The maximum Gasteiger partial charge on any atom is 0.260 e. The van der Waals surface area contributed by atoms with Crippen LogP contribution in [0.3, 0.4) is 0 Å². The number of methoxy groups -OCH3 is 2. The Labute approximate surface area is 178 Å². The number of hydrogen-bond acceptors (Lipinski definition) is 7. The van der Waals surface area contributed by atoms with E-state index in [2.05, 4.69) is 15.6 Å². The molecule has 158 valence electrons. The molecular weight excluding hydrogens is 406 g/mol. The summed E-state index contributed by atoms with van der Waals surface area (Å²) in [5, 5.41) is 7.83. The van der Waals surface area contributed by atoms with Crippen molar-refractivity contribution in [3.05, 3.63) is 58.5 Å². The predicted molar refractivity (Wildman–Crippen MR) is 113 cm³/mol. The lowest BCUT2D eigenvalue weighted by Gasteiger charge is -2.18. The van der Waals surface area contributed by atoms with E-state index in [-0.39, 0.29) is 24.3 Å². The molecule has 0 aliphatic rings. The van der Waals surface area contributed by atoms with Crippen LogP contribution in [-0.2, 0) is 11.2 Å². The first-order valence-corrected chi connectivity index (χ1v) is 10.1. The molecule has 0 aliphatic heterocycles. The molecular formula is C21H23N3O5S. The molecule has 30 heavy (non-hydrogen) atoms. The molecule has 9 heteroatoms. The van der Waals surface area contributed by atoms with Crippen molar-refractivity contribution in [3.63, 3.8) is 0 Å². The number of hydrogen-bond donors (Lipinski definition) is 2. The van der Waals surface area contributed by atoms with Gasteiger partial charge in [-0.3, -0.25) is 14.9 Å². The first-order valence-electron chi connectivity index (χ1n) is 9.22. The van der Waals surface area contributed by atoms with Crippen LogP contribution < -0.4 is 20.1 Å². The summed E-state index contributed by atoms with van der Waals surface area (Å²) in [6.45, 7) is 3.58. The standard InChI is InChI=1S/C21H23N3O5S/c1-12(17-10-15(27-3)5-6-18(17)28-4)22-19(25)9-14-11-30-21(23-14)24-20(26)16-7-8-29-13(16)2/h5-8,10-12H,9H2,1-4H3,(H,22,25)(H,23,24,26). The van der Waals surface area contributed by atoms with Crippen LogP contribution >= 0.6 is 11.3 Å². The Morgan fingerprint density at radius 1 is 1.23 bits per heavy atom. The predicted octanol–water partition coefficient (Wildman–Crippen LogP) is 3.73. The molecule has 1 aromatic carbocycles. The molecule has 0 radical (unpaired) electrons. The number of carbonyl (C=O) groups is 2. The third-order valence-electron chi connectivity index (χ3n) is 4.50. The van der Waals surface area contributed by atoms with E-state index in [1.807, 2.05) is 13.0 Å². The first kappa shape index (κ1) is 21.4. The van der Waals surface area contributed by atoms with Crippen LogP contribution in [0.4, 0.5) is 5.13 Å². The summed E-state index contributed by atoms with van der Waals surface area (Å²) in [5.41, 5.74) is 1.83. The number of nitrogens with one attached hydrogen (secondary N) is 2. The molecule has 0 spiro atoms. The van der Waals surface area contributed by atoms with Crippen molar-refractivity contribution in [2.24, 2.45) is 0 Å². The minimum Gasteiger partial charge on any atom is -0.497 e. The number of amides is 2. The second kappa shape index (κ2) is 9.45. The van der Waals surface area contributed by atoms with Gasteiger partial charge in [-0.05, 0) is 38.1 Å². The molecule has 2 N–H and O–H groups in total. The Bertz CT molecular complexity index is 1040. The third kappa shape index (κ3) is 4.98. The van der Waals surface area contributed by atoms with Gasteiger partial charge in [-0.25, -0.2) is 4.98 Å². The molecule has 0 saturated carbocycles. The molecule has 0 saturated heterocycles. The van der Waals surface area contributed by atoms with Crippen LogP contribution in [0.1, 0.15) is 40.3 Å². The summed E-state index contributed by atoms with van der Waals surface area (Å²) in [6, 6.07) is 6.74. The lowest BCUT2D eigenvalue weighted by atomic mass is 10.1. The number of thiazole rings is 1. The van der Waals surface area contributed by atoms with Crippen LogP contribution in [-0.4, -0.2) is 31.0 Å². The summed E-state index contributed by atoms with van der Waals surface area (Å²) in [6.07, 6.45) is 1.55. The maximum absolute atomic E-state index is 12.5. The van der Waals surface area contributed by atoms with E-state index >= 15 is 0 Å². The Morgan fingerprint density at radius 2 is 2.03 bits per heavy atom. The highest BCUT2D eigenvalue weighted by Gasteiger charge is 2.17. The van der Waals surface area contributed by atoms with Gasteiger partial charge in [0.2, 0.25) is 5.91 Å². The quantitative estimate of drug-likeness (QED) is 0.566. The van der Waals surface area contributed by atoms with Gasteiger partial charge >= 0.3 is 0 Å². The SMILES string of the molecule is COc1ccc(OC)c(C(C)NC(=O)Cc2csc(NC(=O)c3ccoc3C)n2)c1. The van der Waals surface area contributed by atoms with Crippen molar-refractivity contribution >= 4 is 28.3 Å². The highest BCUT2D eigenvalue weighted by atomic mass is 32.1. The highest BCUT2D eigenvalue weighted by Crippen LogP contribution is 2.29. The average molecular weight is 429 g/mol. The highest BCUT2D eigenvalue weighted by molar-refractivity contribution is 7.14. The Hall–Kier alpha value is -3.33. The van der Waals surface area contributed by atoms with E-state index in [9.17, 15) is 9.59 Å². The number of aryl methyl sites for hydroxylation is 1. The number of nitrogens with zero attached hydrogens (tertiary/aromatic N) is 1. The van der Waals surface area contributed by atoms with Gasteiger partial charge < -0.3 is 19.2 Å². The summed E-state index contributed by atoms with van der Waals surface area (Å²) < 4.78 is 15.8. The fraction of sp³-hybridized carbons (Fsp3) is 0.286. The second-order valence-corrected chi connectivity index (χ2v) is 7.42. The zero-order valence-electron chi connectivity index (χ0n) is 17.1. The van der Waals surface area contributed by atoms with Gasteiger partial charge in [0.1, 0.15) is 17.3 Å². The molecule has 2 amide bonds. The number of anilines is 1. The Morgan fingerprint density at radius 3 is 2.70 bits per heavy atom. The zero-order chi connectivity index (χ0) is 21.7. The van der Waals surface area contributed by atoms with Crippen LogP contribution in [0.15, 0.2) is 40.3 Å². The van der Waals surface area contributed by atoms with Crippen molar-refractivity contribution in [2.75, 3.05) is 19.5 Å². The Balaban J connectivity index is 1.60. The molecule has 0 aliphatic carbocycles. The largest absolute Gasteiger partial charge is 0.497 e. The molecule has 3 aromatic rings. The minimum absolute atomic E-state index is 0.0910. The monoisotopic (exact) mass is 429 g/mol. The summed E-state index contributed by atoms with van der Waals surface area (Å²) >= 11 is 1.26. The van der Waals surface area contributed by atoms with Gasteiger partial charge in [0.25, 0.3) is 5.91 Å². The van der Waals surface area contributed by atoms with Crippen LogP contribution in [0.25, 0.3) is 0 Å². The molecule has 1 unspecified atom stereocenters. The summed E-state index contributed by atoms with van der Waals surface area (Å²) in [4.78, 5) is 29.1. The van der Waals surface area contributed by atoms with Crippen molar-refractivity contribution < 1.29 is 23.5 Å². The molecule has 3 rings (SSSR count). The minimum atomic E-state index is -0.301. The lowest BCUT2D eigenvalue weighted by molar-refractivity contribution is -0.121. The van der Waals surface area contributed by atoms with Crippen LogP contribution in [0, 0.1) is 6.92 Å². The number of ether oxygens (including phenoxy) is 2. The smallest absolute Gasteiger partial charge is 0.260 e. The van der Waals surface area contributed by atoms with Crippen LogP contribution in [0.5, 0.6) is 11.5 Å². The molecule has 2 heterocycles. The molecule has 0 bridgehead atoms. The molecule has 0 fully saturated rings. The number of carbonyl (C=O) groups excluding carboxylic acids is 2. The fourth-order valence-electron chi connectivity index (χ4n) is 2.94. The zero-order valence-corrected chi connectivity index (χ0v) is 18.0. The van der Waals surface area contributed by atoms with Crippen molar-refractivity contribution in [1.29, 1.82) is 0 Å². The average Bonchev–Trinajstić information content (AvgIpc) is 3.35. The number of aromatic nitrogens is 1. The van der Waals surface area contributed by atoms with E-state index < -0.39 is 0 Å². The van der Waals surface area contributed by atoms with Gasteiger partial charge in [0.05, 0.1) is 44.2 Å². The third-order valence-corrected chi connectivity index (χ3v) is 5.30. The lowest BCUT2D eigenvalue weighted by Crippen LogP contribution is -2.28. The fourth-order valence-corrected chi connectivity index (χ4v) is 3.65. The van der Waals surface area contributed by atoms with E-state index in [0.717, 1.165) is 5.56 Å². The summed E-state index contributed by atoms with van der Waals surface area (Å²) in [7, 11) is 3.16.